The summed E-state index contributed by atoms with van der Waals surface area (Å²) in [5, 5.41) is 2.59. The lowest BCUT2D eigenvalue weighted by atomic mass is 10.3. The van der Waals surface area contributed by atoms with Crippen LogP contribution in [-0.4, -0.2) is 26.7 Å². The minimum Gasteiger partial charge on any atom is -0.480 e. The molecule has 2 aromatic carbocycles. The Morgan fingerprint density at radius 3 is 2.58 bits per heavy atom. The largest absolute Gasteiger partial charge is 0.480 e. The Hall–Kier alpha value is -1.93. The first-order valence-electron chi connectivity index (χ1n) is 6.89. The van der Waals surface area contributed by atoms with E-state index in [-0.39, 0.29) is 4.90 Å². The summed E-state index contributed by atoms with van der Waals surface area (Å²) in [5.41, 5.74) is 0.344. The molecule has 0 spiro atoms. The van der Waals surface area contributed by atoms with Crippen LogP contribution in [0.2, 0.25) is 0 Å². The molecule has 0 saturated carbocycles. The topological polar surface area (TPSA) is 72.5 Å². The fourth-order valence-corrected chi connectivity index (χ4v) is 2.97. The number of carbonyl (C=O) groups is 1. The molecular formula is C16H15BrFNO4S. The van der Waals surface area contributed by atoms with Crippen LogP contribution in [0.3, 0.4) is 0 Å². The third kappa shape index (κ3) is 4.78. The normalized spacial score (nSPS) is 12.5. The Kier molecular flexibility index (Phi) is 5.61. The second kappa shape index (κ2) is 7.31. The predicted octanol–water partition coefficient (Wildman–Crippen LogP) is 3.40. The summed E-state index contributed by atoms with van der Waals surface area (Å²) in [5.74, 6) is -0.565. The Labute approximate surface area is 147 Å². The molecule has 0 aliphatic heterocycles. The smallest absolute Gasteiger partial charge is 0.265 e. The zero-order valence-electron chi connectivity index (χ0n) is 12.9. The van der Waals surface area contributed by atoms with Gasteiger partial charge in [0.15, 0.2) is 15.9 Å². The minimum atomic E-state index is -3.36. The molecule has 2 rings (SSSR count). The number of anilines is 1. The molecule has 0 bridgehead atoms. The van der Waals surface area contributed by atoms with Gasteiger partial charge in [0, 0.05) is 11.9 Å². The van der Waals surface area contributed by atoms with Gasteiger partial charge in [0.1, 0.15) is 11.6 Å². The average Bonchev–Trinajstić information content (AvgIpc) is 2.49. The van der Waals surface area contributed by atoms with Crippen molar-refractivity contribution in [2.24, 2.45) is 0 Å². The maximum atomic E-state index is 13.1. The molecule has 1 N–H and O–H groups in total. The lowest BCUT2D eigenvalue weighted by molar-refractivity contribution is -0.122. The van der Waals surface area contributed by atoms with Crippen molar-refractivity contribution in [1.82, 2.24) is 0 Å². The summed E-state index contributed by atoms with van der Waals surface area (Å²) >= 11 is 3.16. The van der Waals surface area contributed by atoms with Crippen LogP contribution < -0.4 is 10.1 Å². The van der Waals surface area contributed by atoms with Gasteiger partial charge in [0.05, 0.1) is 9.37 Å². The Morgan fingerprint density at radius 1 is 1.25 bits per heavy atom. The monoisotopic (exact) mass is 415 g/mol. The molecule has 2 aromatic rings. The Balaban J connectivity index is 2.09. The molecule has 0 aromatic heterocycles. The van der Waals surface area contributed by atoms with Gasteiger partial charge in [-0.1, -0.05) is 6.07 Å². The number of halogens is 2. The highest BCUT2D eigenvalue weighted by Gasteiger charge is 2.17. The number of benzene rings is 2. The Bertz CT molecular complexity index is 870. The number of ether oxygens (including phenoxy) is 1. The van der Waals surface area contributed by atoms with E-state index in [0.717, 1.165) is 6.26 Å². The van der Waals surface area contributed by atoms with Crippen LogP contribution in [0.4, 0.5) is 10.1 Å². The number of carbonyl (C=O) groups excluding carboxylic acids is 1. The van der Waals surface area contributed by atoms with Crippen molar-refractivity contribution in [3.8, 4) is 5.75 Å². The first kappa shape index (κ1) is 18.4. The van der Waals surface area contributed by atoms with Crippen molar-refractivity contribution in [2.75, 3.05) is 11.6 Å². The van der Waals surface area contributed by atoms with Gasteiger partial charge in [-0.25, -0.2) is 12.8 Å². The number of rotatable bonds is 5. The summed E-state index contributed by atoms with van der Waals surface area (Å²) in [6, 6.07) is 9.79. The molecule has 0 saturated heterocycles. The van der Waals surface area contributed by atoms with Crippen LogP contribution >= 0.6 is 15.9 Å². The summed E-state index contributed by atoms with van der Waals surface area (Å²) in [6.07, 6.45) is 0.222. The van der Waals surface area contributed by atoms with Gasteiger partial charge < -0.3 is 10.1 Å². The number of amides is 1. The first-order valence-corrected chi connectivity index (χ1v) is 9.58. The van der Waals surface area contributed by atoms with Crippen LogP contribution in [0.25, 0.3) is 0 Å². The van der Waals surface area contributed by atoms with Gasteiger partial charge in [-0.15, -0.1) is 0 Å². The van der Waals surface area contributed by atoms with Gasteiger partial charge in [-0.2, -0.15) is 0 Å². The SMILES string of the molecule is CC(Oc1ccc(F)cc1Br)C(=O)Nc1cccc(S(C)(=O)=O)c1. The molecule has 5 nitrogen and oxygen atoms in total. The van der Waals surface area contributed by atoms with E-state index in [2.05, 4.69) is 21.2 Å². The molecule has 0 heterocycles. The van der Waals surface area contributed by atoms with Crippen molar-refractivity contribution in [1.29, 1.82) is 0 Å². The quantitative estimate of drug-likeness (QED) is 0.811. The van der Waals surface area contributed by atoms with Gasteiger partial charge >= 0.3 is 0 Å². The van der Waals surface area contributed by atoms with E-state index >= 15 is 0 Å². The summed E-state index contributed by atoms with van der Waals surface area (Å²) in [4.78, 5) is 12.3. The van der Waals surface area contributed by atoms with E-state index in [0.29, 0.717) is 15.9 Å². The second-order valence-corrected chi connectivity index (χ2v) is 7.99. The van der Waals surface area contributed by atoms with Crippen molar-refractivity contribution in [2.45, 2.75) is 17.9 Å². The molecule has 0 fully saturated rings. The molecule has 1 atom stereocenters. The summed E-state index contributed by atoms with van der Waals surface area (Å²) < 4.78 is 42.0. The molecule has 0 radical (unpaired) electrons. The van der Waals surface area contributed by atoms with E-state index in [9.17, 15) is 17.6 Å². The standard InChI is InChI=1S/C16H15BrFNO4S/c1-10(23-15-7-6-11(18)8-14(15)17)16(20)19-12-4-3-5-13(9-12)24(2,21)22/h3-10H,1-2H3,(H,19,20). The predicted molar refractivity (Wildman–Crippen MR) is 92.4 cm³/mol. The van der Waals surface area contributed by atoms with Gasteiger partial charge in [0.25, 0.3) is 5.91 Å². The molecule has 24 heavy (non-hydrogen) atoms. The molecular weight excluding hydrogens is 401 g/mol. The third-order valence-corrected chi connectivity index (χ3v) is 4.83. The minimum absolute atomic E-state index is 0.107. The van der Waals surface area contributed by atoms with Crippen LogP contribution in [0.1, 0.15) is 6.92 Å². The highest BCUT2D eigenvalue weighted by molar-refractivity contribution is 9.10. The Morgan fingerprint density at radius 2 is 1.96 bits per heavy atom. The van der Waals surface area contributed by atoms with Crippen LogP contribution in [0, 0.1) is 5.82 Å². The summed E-state index contributed by atoms with van der Waals surface area (Å²) in [7, 11) is -3.36. The average molecular weight is 416 g/mol. The number of nitrogens with one attached hydrogen (secondary N) is 1. The fourth-order valence-electron chi connectivity index (χ4n) is 1.86. The van der Waals surface area contributed by atoms with Crippen molar-refractivity contribution in [3.05, 3.63) is 52.8 Å². The number of hydrogen-bond acceptors (Lipinski definition) is 4. The van der Waals surface area contributed by atoms with Crippen molar-refractivity contribution >= 4 is 37.4 Å². The zero-order chi connectivity index (χ0) is 17.9. The molecule has 1 amide bonds. The molecule has 8 heteroatoms. The lowest BCUT2D eigenvalue weighted by Crippen LogP contribution is -2.30. The van der Waals surface area contributed by atoms with Crippen LogP contribution in [0.5, 0.6) is 5.75 Å². The second-order valence-electron chi connectivity index (χ2n) is 5.12. The molecule has 0 aliphatic rings. The third-order valence-electron chi connectivity index (χ3n) is 3.10. The highest BCUT2D eigenvalue weighted by Crippen LogP contribution is 2.26. The van der Waals surface area contributed by atoms with Crippen LogP contribution in [-0.2, 0) is 14.6 Å². The summed E-state index contributed by atoms with van der Waals surface area (Å²) in [6.45, 7) is 1.53. The van der Waals surface area contributed by atoms with E-state index in [1.54, 1.807) is 6.07 Å². The van der Waals surface area contributed by atoms with Crippen molar-refractivity contribution < 1.29 is 22.3 Å². The maximum absolute atomic E-state index is 13.1. The molecule has 0 aliphatic carbocycles. The number of sulfone groups is 1. The van der Waals surface area contributed by atoms with Gasteiger partial charge in [-0.3, -0.25) is 4.79 Å². The maximum Gasteiger partial charge on any atom is 0.265 e. The highest BCUT2D eigenvalue weighted by atomic mass is 79.9. The van der Waals surface area contributed by atoms with E-state index in [1.807, 2.05) is 0 Å². The van der Waals surface area contributed by atoms with E-state index in [4.69, 9.17) is 4.74 Å². The molecule has 128 valence electrons. The van der Waals surface area contributed by atoms with E-state index < -0.39 is 27.7 Å². The zero-order valence-corrected chi connectivity index (χ0v) is 15.3. The van der Waals surface area contributed by atoms with Crippen LogP contribution in [0.15, 0.2) is 51.8 Å². The van der Waals surface area contributed by atoms with Gasteiger partial charge in [-0.05, 0) is 59.3 Å². The number of hydrogen-bond donors (Lipinski definition) is 1. The van der Waals surface area contributed by atoms with Gasteiger partial charge in [0.2, 0.25) is 0 Å². The molecule has 1 unspecified atom stereocenters. The fraction of sp³-hybridized carbons (Fsp3) is 0.188. The first-order chi connectivity index (χ1) is 11.2. The van der Waals surface area contributed by atoms with Crippen molar-refractivity contribution in [3.63, 3.8) is 0 Å². The van der Waals surface area contributed by atoms with E-state index in [1.165, 1.54) is 43.3 Å². The lowest BCUT2D eigenvalue weighted by Gasteiger charge is -2.16.